The molecule has 11 heavy (non-hydrogen) atoms. The van der Waals surface area contributed by atoms with Crippen LogP contribution in [0.2, 0.25) is 0 Å². The van der Waals surface area contributed by atoms with E-state index in [0.717, 1.165) is 5.76 Å². The second-order valence-corrected chi connectivity index (χ2v) is 3.37. The Morgan fingerprint density at radius 2 is 2.00 bits per heavy atom. The van der Waals surface area contributed by atoms with Crippen LogP contribution in [0.4, 0.5) is 5.82 Å². The Morgan fingerprint density at radius 3 is 2.18 bits per heavy atom. The van der Waals surface area contributed by atoms with Crippen LogP contribution < -0.4 is 5.73 Å². The molecule has 0 unspecified atom stereocenters. The van der Waals surface area contributed by atoms with Gasteiger partial charge in [0, 0.05) is 11.5 Å². The summed E-state index contributed by atoms with van der Waals surface area (Å²) in [7, 11) is 0. The Bertz CT molecular complexity index is 227. The quantitative estimate of drug-likeness (QED) is 0.658. The third-order valence-corrected chi connectivity index (χ3v) is 1.27. The maximum atomic E-state index is 5.37. The van der Waals surface area contributed by atoms with Crippen LogP contribution in [0.25, 0.3) is 0 Å². The SMILES string of the molecule is CC(C)(C)c1cc(N)no1.Cl. The van der Waals surface area contributed by atoms with Crippen molar-refractivity contribution in [1.82, 2.24) is 5.16 Å². The van der Waals surface area contributed by atoms with Crippen molar-refractivity contribution < 1.29 is 4.52 Å². The first-order chi connectivity index (χ1) is 4.50. The van der Waals surface area contributed by atoms with E-state index in [1.54, 1.807) is 6.07 Å². The van der Waals surface area contributed by atoms with Gasteiger partial charge in [-0.25, -0.2) is 0 Å². The topological polar surface area (TPSA) is 52.0 Å². The summed E-state index contributed by atoms with van der Waals surface area (Å²) >= 11 is 0. The number of rotatable bonds is 0. The van der Waals surface area contributed by atoms with E-state index in [4.69, 9.17) is 10.3 Å². The molecule has 0 aromatic carbocycles. The van der Waals surface area contributed by atoms with E-state index in [1.165, 1.54) is 0 Å². The third kappa shape index (κ3) is 2.42. The van der Waals surface area contributed by atoms with Gasteiger partial charge >= 0.3 is 0 Å². The molecule has 64 valence electrons. The largest absolute Gasteiger partial charge is 0.381 e. The average molecular weight is 177 g/mol. The van der Waals surface area contributed by atoms with Gasteiger partial charge in [-0.2, -0.15) is 0 Å². The summed E-state index contributed by atoms with van der Waals surface area (Å²) in [5.74, 6) is 1.27. The number of nitrogens with two attached hydrogens (primary N) is 1. The van der Waals surface area contributed by atoms with Gasteiger partial charge in [-0.3, -0.25) is 0 Å². The number of halogens is 1. The Balaban J connectivity index is 0.000001000. The van der Waals surface area contributed by atoms with Gasteiger partial charge in [-0.1, -0.05) is 25.9 Å². The molecule has 0 saturated heterocycles. The van der Waals surface area contributed by atoms with Gasteiger partial charge in [0.15, 0.2) is 5.82 Å². The van der Waals surface area contributed by atoms with Gasteiger partial charge in [0.25, 0.3) is 0 Å². The van der Waals surface area contributed by atoms with E-state index < -0.39 is 0 Å². The van der Waals surface area contributed by atoms with Crippen LogP contribution in [-0.2, 0) is 5.41 Å². The minimum atomic E-state index is 0. The summed E-state index contributed by atoms with van der Waals surface area (Å²) < 4.78 is 4.95. The molecule has 3 nitrogen and oxygen atoms in total. The maximum Gasteiger partial charge on any atom is 0.167 e. The molecule has 0 spiro atoms. The van der Waals surface area contributed by atoms with Gasteiger partial charge in [0.2, 0.25) is 0 Å². The van der Waals surface area contributed by atoms with Crippen molar-refractivity contribution in [1.29, 1.82) is 0 Å². The van der Waals surface area contributed by atoms with Gasteiger partial charge in [0.05, 0.1) is 0 Å². The van der Waals surface area contributed by atoms with Crippen molar-refractivity contribution in [3.05, 3.63) is 11.8 Å². The normalized spacial score (nSPS) is 10.8. The minimum absolute atomic E-state index is 0. The van der Waals surface area contributed by atoms with Gasteiger partial charge in [-0.05, 0) is 0 Å². The first-order valence-electron chi connectivity index (χ1n) is 3.23. The smallest absolute Gasteiger partial charge is 0.167 e. The molecule has 0 aliphatic heterocycles. The molecule has 0 bridgehead atoms. The van der Waals surface area contributed by atoms with E-state index in [-0.39, 0.29) is 17.8 Å². The van der Waals surface area contributed by atoms with E-state index >= 15 is 0 Å². The van der Waals surface area contributed by atoms with Gasteiger partial charge in [-0.15, -0.1) is 12.4 Å². The Hall–Kier alpha value is -0.700. The Labute approximate surface area is 72.3 Å². The lowest BCUT2D eigenvalue weighted by atomic mass is 9.93. The summed E-state index contributed by atoms with van der Waals surface area (Å²) in [5, 5.41) is 3.59. The van der Waals surface area contributed by atoms with Crippen molar-refractivity contribution >= 4 is 18.2 Å². The standard InChI is InChI=1S/C7H12N2O.ClH/c1-7(2,3)5-4-6(8)9-10-5;/h4H,1-3H3,(H2,8,9);1H. The summed E-state index contributed by atoms with van der Waals surface area (Å²) in [6, 6.07) is 1.75. The lowest BCUT2D eigenvalue weighted by molar-refractivity contribution is 0.331. The molecule has 0 atom stereocenters. The Kier molecular flexibility index (Phi) is 2.93. The summed E-state index contributed by atoms with van der Waals surface area (Å²) in [6.45, 7) is 6.15. The number of hydrogen-bond donors (Lipinski definition) is 1. The van der Waals surface area contributed by atoms with Crippen molar-refractivity contribution in [3.8, 4) is 0 Å². The highest BCUT2D eigenvalue weighted by Gasteiger charge is 2.18. The van der Waals surface area contributed by atoms with Crippen LogP contribution in [0.3, 0.4) is 0 Å². The molecule has 0 radical (unpaired) electrons. The molecule has 4 heteroatoms. The van der Waals surface area contributed by atoms with E-state index in [0.29, 0.717) is 5.82 Å². The zero-order valence-corrected chi connectivity index (χ0v) is 7.73. The highest BCUT2D eigenvalue weighted by Crippen LogP contribution is 2.22. The highest BCUT2D eigenvalue weighted by molar-refractivity contribution is 5.85. The molecule has 1 heterocycles. The number of nitrogen functional groups attached to an aromatic ring is 1. The zero-order valence-electron chi connectivity index (χ0n) is 6.92. The molecule has 0 saturated carbocycles. The number of aromatic nitrogens is 1. The molecule has 0 amide bonds. The minimum Gasteiger partial charge on any atom is -0.381 e. The van der Waals surface area contributed by atoms with Crippen molar-refractivity contribution in [2.45, 2.75) is 26.2 Å². The molecule has 0 aliphatic rings. The second-order valence-electron chi connectivity index (χ2n) is 3.37. The predicted octanol–water partition coefficient (Wildman–Crippen LogP) is 1.98. The molecule has 2 N–H and O–H groups in total. The summed E-state index contributed by atoms with van der Waals surface area (Å²) in [5.41, 5.74) is 5.38. The predicted molar refractivity (Wildman–Crippen MR) is 46.9 cm³/mol. The molecule has 1 aromatic rings. The fourth-order valence-corrected chi connectivity index (χ4v) is 0.642. The van der Waals surface area contributed by atoms with Gasteiger partial charge < -0.3 is 10.3 Å². The van der Waals surface area contributed by atoms with Crippen LogP contribution in [0, 0.1) is 0 Å². The fraction of sp³-hybridized carbons (Fsp3) is 0.571. The monoisotopic (exact) mass is 176 g/mol. The van der Waals surface area contributed by atoms with Crippen LogP contribution in [0.1, 0.15) is 26.5 Å². The lowest BCUT2D eigenvalue weighted by Crippen LogP contribution is -2.09. The van der Waals surface area contributed by atoms with E-state index in [1.807, 2.05) is 20.8 Å². The second kappa shape index (κ2) is 3.13. The molecule has 0 fully saturated rings. The first kappa shape index (κ1) is 10.3. The van der Waals surface area contributed by atoms with E-state index in [2.05, 4.69) is 5.16 Å². The van der Waals surface area contributed by atoms with Gasteiger partial charge in [0.1, 0.15) is 5.76 Å². The number of nitrogens with zero attached hydrogens (tertiary/aromatic N) is 1. The fourth-order valence-electron chi connectivity index (χ4n) is 0.642. The third-order valence-electron chi connectivity index (χ3n) is 1.27. The van der Waals surface area contributed by atoms with E-state index in [9.17, 15) is 0 Å². The molecule has 1 aromatic heterocycles. The first-order valence-corrected chi connectivity index (χ1v) is 3.23. The molecular weight excluding hydrogens is 164 g/mol. The van der Waals surface area contributed by atoms with Crippen LogP contribution in [-0.4, -0.2) is 5.16 Å². The lowest BCUT2D eigenvalue weighted by Gasteiger charge is -2.11. The number of hydrogen-bond acceptors (Lipinski definition) is 3. The summed E-state index contributed by atoms with van der Waals surface area (Å²) in [6.07, 6.45) is 0. The van der Waals surface area contributed by atoms with Crippen LogP contribution in [0.15, 0.2) is 10.6 Å². The molecule has 1 rings (SSSR count). The molecular formula is C7H13ClN2O. The Morgan fingerprint density at radius 1 is 1.45 bits per heavy atom. The highest BCUT2D eigenvalue weighted by atomic mass is 35.5. The van der Waals surface area contributed by atoms with Crippen molar-refractivity contribution in [2.24, 2.45) is 0 Å². The average Bonchev–Trinajstić information content (AvgIpc) is 2.11. The van der Waals surface area contributed by atoms with Crippen molar-refractivity contribution in [3.63, 3.8) is 0 Å². The number of anilines is 1. The maximum absolute atomic E-state index is 5.37. The molecule has 0 aliphatic carbocycles. The van der Waals surface area contributed by atoms with Crippen molar-refractivity contribution in [2.75, 3.05) is 5.73 Å². The zero-order chi connectivity index (χ0) is 7.78. The van der Waals surface area contributed by atoms with Crippen LogP contribution in [0.5, 0.6) is 0 Å². The summed E-state index contributed by atoms with van der Waals surface area (Å²) in [4.78, 5) is 0. The van der Waals surface area contributed by atoms with Crippen LogP contribution >= 0.6 is 12.4 Å².